The van der Waals surface area contributed by atoms with Crippen molar-refractivity contribution in [1.29, 1.82) is 0 Å². The number of halogens is 2. The van der Waals surface area contributed by atoms with Crippen LogP contribution in [-0.4, -0.2) is 27.7 Å². The van der Waals surface area contributed by atoms with E-state index in [2.05, 4.69) is 20.7 Å². The highest BCUT2D eigenvalue weighted by Crippen LogP contribution is 2.33. The minimum Gasteiger partial charge on any atom is -0.342 e. The zero-order chi connectivity index (χ0) is 24.2. The number of nitrogens with zero attached hydrogens (tertiary/aromatic N) is 3. The molecule has 0 aliphatic carbocycles. The van der Waals surface area contributed by atoms with Crippen LogP contribution in [0.1, 0.15) is 34.0 Å². The fraction of sp³-hybridized carbons (Fsp3) is 0.167. The molecule has 0 fully saturated rings. The molecule has 34 heavy (non-hydrogen) atoms. The van der Waals surface area contributed by atoms with E-state index in [4.69, 9.17) is 11.6 Å². The summed E-state index contributed by atoms with van der Waals surface area (Å²) in [6.07, 6.45) is 1.75. The van der Waals surface area contributed by atoms with E-state index in [1.165, 1.54) is 41.7 Å². The Morgan fingerprint density at radius 2 is 2.00 bits per heavy atom. The molecule has 2 aromatic heterocycles. The summed E-state index contributed by atoms with van der Waals surface area (Å²) >= 11 is 7.65. The number of rotatable bonds is 7. The van der Waals surface area contributed by atoms with E-state index >= 15 is 0 Å². The second-order valence-corrected chi connectivity index (χ2v) is 9.01. The zero-order valence-electron chi connectivity index (χ0n) is 18.4. The molecule has 10 heteroatoms. The van der Waals surface area contributed by atoms with E-state index in [0.717, 1.165) is 20.7 Å². The topological polar surface area (TPSA) is 88.9 Å². The Balaban J connectivity index is 1.55. The highest BCUT2D eigenvalue weighted by molar-refractivity contribution is 7.15. The Morgan fingerprint density at radius 1 is 1.21 bits per heavy atom. The van der Waals surface area contributed by atoms with Crippen molar-refractivity contribution < 1.29 is 9.18 Å². The van der Waals surface area contributed by atoms with Gasteiger partial charge in [0.2, 0.25) is 0 Å². The third-order valence-corrected chi connectivity index (χ3v) is 6.51. The molecule has 0 aliphatic rings. The van der Waals surface area contributed by atoms with Crippen LogP contribution in [0.15, 0.2) is 65.6 Å². The first-order valence-electron chi connectivity index (χ1n) is 10.4. The maximum atomic E-state index is 14.1. The molecule has 1 amide bonds. The van der Waals surface area contributed by atoms with Gasteiger partial charge in [0, 0.05) is 23.8 Å². The molecule has 4 rings (SSSR count). The van der Waals surface area contributed by atoms with Gasteiger partial charge in [0.1, 0.15) is 22.2 Å². The smallest absolute Gasteiger partial charge is 0.272 e. The number of carbonyl (C=O) groups excluding carboxylic acids is 1. The number of hydrogen-bond donors (Lipinski definition) is 2. The number of hydrogen-bond acceptors (Lipinski definition) is 6. The van der Waals surface area contributed by atoms with Crippen LogP contribution in [0.2, 0.25) is 5.02 Å². The van der Waals surface area contributed by atoms with Crippen LogP contribution in [0.25, 0.3) is 16.1 Å². The maximum Gasteiger partial charge on any atom is 0.272 e. The lowest BCUT2D eigenvalue weighted by Gasteiger charge is -2.12. The molecule has 0 spiro atoms. The van der Waals surface area contributed by atoms with Gasteiger partial charge in [0.05, 0.1) is 10.9 Å². The molecule has 174 valence electrons. The SMILES string of the molecule is CNCc1ccc(Cl)cc1-c1cnc([C@@H](C)NC(=O)c2ccc(=O)n(-c3ccccc3F)n2)s1. The summed E-state index contributed by atoms with van der Waals surface area (Å²) in [5, 5.41) is 11.4. The summed E-state index contributed by atoms with van der Waals surface area (Å²) in [5.74, 6) is -1.12. The predicted octanol–water partition coefficient (Wildman–Crippen LogP) is 4.36. The Hall–Kier alpha value is -3.40. The number of aromatic nitrogens is 3. The third-order valence-electron chi connectivity index (χ3n) is 5.06. The molecule has 0 unspecified atom stereocenters. The number of amides is 1. The summed E-state index contributed by atoms with van der Waals surface area (Å²) in [6, 6.07) is 13.5. The lowest BCUT2D eigenvalue weighted by molar-refractivity contribution is 0.0933. The fourth-order valence-corrected chi connectivity index (χ4v) is 4.54. The van der Waals surface area contributed by atoms with Gasteiger partial charge in [-0.15, -0.1) is 11.3 Å². The van der Waals surface area contributed by atoms with E-state index in [0.29, 0.717) is 16.6 Å². The monoisotopic (exact) mass is 497 g/mol. The number of carbonyl (C=O) groups is 1. The zero-order valence-corrected chi connectivity index (χ0v) is 20.0. The van der Waals surface area contributed by atoms with E-state index < -0.39 is 23.3 Å². The molecule has 0 aliphatic heterocycles. The van der Waals surface area contributed by atoms with Crippen molar-refractivity contribution in [3.63, 3.8) is 0 Å². The van der Waals surface area contributed by atoms with E-state index in [1.807, 2.05) is 25.2 Å². The predicted molar refractivity (Wildman–Crippen MR) is 131 cm³/mol. The van der Waals surface area contributed by atoms with Gasteiger partial charge in [-0.25, -0.2) is 9.37 Å². The second-order valence-electron chi connectivity index (χ2n) is 7.51. The van der Waals surface area contributed by atoms with Gasteiger partial charge in [-0.1, -0.05) is 29.8 Å². The largest absolute Gasteiger partial charge is 0.342 e. The Labute approximate surface area is 204 Å². The van der Waals surface area contributed by atoms with E-state index in [1.54, 1.807) is 19.2 Å². The van der Waals surface area contributed by atoms with Gasteiger partial charge < -0.3 is 10.6 Å². The van der Waals surface area contributed by atoms with Crippen molar-refractivity contribution in [3.05, 3.63) is 98.3 Å². The van der Waals surface area contributed by atoms with Crippen LogP contribution >= 0.6 is 22.9 Å². The first kappa shape index (κ1) is 23.7. The van der Waals surface area contributed by atoms with Gasteiger partial charge >= 0.3 is 0 Å². The minimum absolute atomic E-state index is 0.0161. The molecule has 2 heterocycles. The average molecular weight is 498 g/mol. The van der Waals surface area contributed by atoms with E-state index in [-0.39, 0.29) is 11.4 Å². The van der Waals surface area contributed by atoms with Gasteiger partial charge in [-0.3, -0.25) is 9.59 Å². The van der Waals surface area contributed by atoms with Crippen molar-refractivity contribution in [3.8, 4) is 16.1 Å². The standard InChI is InChI=1S/C24H21ClFN5O2S/c1-14(24-28-13-21(34-24)17-11-16(25)8-7-15(17)12-27-2)29-23(33)19-9-10-22(32)31(30-19)20-6-4-3-5-18(20)26/h3-11,13-14,27H,12H2,1-2H3,(H,29,33)/t14-/m1/s1. The molecular formula is C24H21ClFN5O2S. The average Bonchev–Trinajstić information content (AvgIpc) is 3.31. The Morgan fingerprint density at radius 3 is 2.76 bits per heavy atom. The molecule has 0 saturated carbocycles. The van der Waals surface area contributed by atoms with Gasteiger partial charge in [0.25, 0.3) is 11.5 Å². The molecule has 4 aromatic rings. The summed E-state index contributed by atoms with van der Waals surface area (Å²) in [4.78, 5) is 30.4. The Kier molecular flexibility index (Phi) is 7.16. The van der Waals surface area contributed by atoms with Gasteiger partial charge in [-0.05, 0) is 55.4 Å². The first-order valence-corrected chi connectivity index (χ1v) is 11.6. The molecule has 2 N–H and O–H groups in total. The van der Waals surface area contributed by atoms with Crippen molar-refractivity contribution in [2.75, 3.05) is 7.05 Å². The summed E-state index contributed by atoms with van der Waals surface area (Å²) in [6.45, 7) is 2.48. The highest BCUT2D eigenvalue weighted by Gasteiger charge is 2.19. The van der Waals surface area contributed by atoms with Gasteiger partial charge in [0.15, 0.2) is 0 Å². The van der Waals surface area contributed by atoms with Crippen LogP contribution in [-0.2, 0) is 6.54 Å². The second kappa shape index (κ2) is 10.3. The van der Waals surface area contributed by atoms with Crippen molar-refractivity contribution in [2.45, 2.75) is 19.5 Å². The third kappa shape index (κ3) is 5.06. The lowest BCUT2D eigenvalue weighted by atomic mass is 10.1. The quantitative estimate of drug-likeness (QED) is 0.396. The minimum atomic E-state index is -0.614. The molecule has 2 aromatic carbocycles. The summed E-state index contributed by atoms with van der Waals surface area (Å²) < 4.78 is 15.0. The fourth-order valence-electron chi connectivity index (χ4n) is 3.40. The van der Waals surface area contributed by atoms with Crippen LogP contribution in [0, 0.1) is 5.82 Å². The number of benzene rings is 2. The summed E-state index contributed by atoms with van der Waals surface area (Å²) in [5.41, 5.74) is 1.47. The summed E-state index contributed by atoms with van der Waals surface area (Å²) in [7, 11) is 1.87. The van der Waals surface area contributed by atoms with Crippen molar-refractivity contribution in [2.24, 2.45) is 0 Å². The molecule has 7 nitrogen and oxygen atoms in total. The molecule has 0 radical (unpaired) electrons. The highest BCUT2D eigenvalue weighted by atomic mass is 35.5. The van der Waals surface area contributed by atoms with E-state index in [9.17, 15) is 14.0 Å². The van der Waals surface area contributed by atoms with Crippen LogP contribution < -0.4 is 16.2 Å². The molecule has 0 saturated heterocycles. The normalized spacial score (nSPS) is 11.9. The first-order chi connectivity index (χ1) is 16.4. The number of para-hydroxylation sites is 1. The van der Waals surface area contributed by atoms with Crippen molar-refractivity contribution in [1.82, 2.24) is 25.4 Å². The van der Waals surface area contributed by atoms with Crippen LogP contribution in [0.3, 0.4) is 0 Å². The van der Waals surface area contributed by atoms with Crippen LogP contribution in [0.5, 0.6) is 0 Å². The lowest BCUT2D eigenvalue weighted by Crippen LogP contribution is -2.30. The molecule has 0 bridgehead atoms. The number of thiazole rings is 1. The van der Waals surface area contributed by atoms with Gasteiger partial charge in [-0.2, -0.15) is 9.78 Å². The molecule has 1 atom stereocenters. The maximum absolute atomic E-state index is 14.1. The van der Waals surface area contributed by atoms with Crippen molar-refractivity contribution >= 4 is 28.8 Å². The Bertz CT molecular complexity index is 1400. The molecular weight excluding hydrogens is 477 g/mol. The number of nitrogens with one attached hydrogen (secondary N) is 2. The van der Waals surface area contributed by atoms with Crippen LogP contribution in [0.4, 0.5) is 4.39 Å².